The number of carbonyl (C=O) groups excluding carboxylic acids is 1. The highest BCUT2D eigenvalue weighted by Crippen LogP contribution is 2.31. The first-order valence-corrected chi connectivity index (χ1v) is 10.4. The number of amides is 1. The lowest BCUT2D eigenvalue weighted by atomic mass is 10.1. The lowest BCUT2D eigenvalue weighted by Crippen LogP contribution is -2.33. The van der Waals surface area contributed by atoms with Crippen molar-refractivity contribution in [2.45, 2.75) is 6.42 Å². The molecule has 0 saturated carbocycles. The Kier molecular flexibility index (Phi) is 5.50. The minimum atomic E-state index is -0.390. The number of thiazole rings is 1. The van der Waals surface area contributed by atoms with Gasteiger partial charge >= 0.3 is 0 Å². The Labute approximate surface area is 174 Å². The lowest BCUT2D eigenvalue weighted by molar-refractivity contribution is 0.0986. The molecular formula is C22H16BrFN2OS. The molecule has 0 radical (unpaired) electrons. The molecule has 0 bridgehead atoms. The molecule has 4 aromatic rings. The largest absolute Gasteiger partial charge is 0.284 e. The molecule has 0 aliphatic rings. The summed E-state index contributed by atoms with van der Waals surface area (Å²) in [4.78, 5) is 19.6. The van der Waals surface area contributed by atoms with Crippen LogP contribution >= 0.6 is 27.3 Å². The van der Waals surface area contributed by atoms with E-state index in [1.165, 1.54) is 29.5 Å². The van der Waals surface area contributed by atoms with Gasteiger partial charge in [0.2, 0.25) is 0 Å². The van der Waals surface area contributed by atoms with Crippen molar-refractivity contribution in [3.05, 3.63) is 94.2 Å². The Balaban J connectivity index is 1.70. The fourth-order valence-electron chi connectivity index (χ4n) is 2.95. The highest BCUT2D eigenvalue weighted by Gasteiger charge is 2.23. The van der Waals surface area contributed by atoms with Crippen molar-refractivity contribution >= 4 is 48.5 Å². The van der Waals surface area contributed by atoms with Gasteiger partial charge in [-0.25, -0.2) is 9.37 Å². The van der Waals surface area contributed by atoms with Crippen LogP contribution in [0.4, 0.5) is 9.52 Å². The first-order valence-electron chi connectivity index (χ1n) is 8.78. The topological polar surface area (TPSA) is 33.2 Å². The van der Waals surface area contributed by atoms with Gasteiger partial charge in [-0.3, -0.25) is 9.69 Å². The normalized spacial score (nSPS) is 10.9. The molecular weight excluding hydrogens is 439 g/mol. The summed E-state index contributed by atoms with van der Waals surface area (Å²) in [7, 11) is 0. The van der Waals surface area contributed by atoms with Crippen LogP contribution in [0.3, 0.4) is 0 Å². The SMILES string of the molecule is O=C(c1ccc(F)cc1Br)N(CCc1ccccc1)c1nc2ccccc2s1. The van der Waals surface area contributed by atoms with Gasteiger partial charge in [-0.05, 0) is 58.2 Å². The second-order valence-electron chi connectivity index (χ2n) is 6.28. The number of hydrogen-bond acceptors (Lipinski definition) is 3. The molecule has 0 aliphatic heterocycles. The second-order valence-corrected chi connectivity index (χ2v) is 8.14. The third kappa shape index (κ3) is 3.98. The maximum atomic E-state index is 13.5. The molecule has 6 heteroatoms. The molecule has 1 aromatic heterocycles. The maximum Gasteiger partial charge on any atom is 0.261 e. The van der Waals surface area contributed by atoms with Crippen molar-refractivity contribution in [2.75, 3.05) is 11.4 Å². The van der Waals surface area contributed by atoms with Crippen LogP contribution in [0.1, 0.15) is 15.9 Å². The van der Waals surface area contributed by atoms with Crippen molar-refractivity contribution in [1.82, 2.24) is 4.98 Å². The highest BCUT2D eigenvalue weighted by atomic mass is 79.9. The van der Waals surface area contributed by atoms with Crippen molar-refractivity contribution in [2.24, 2.45) is 0 Å². The van der Waals surface area contributed by atoms with Gasteiger partial charge in [-0.15, -0.1) is 0 Å². The smallest absolute Gasteiger partial charge is 0.261 e. The van der Waals surface area contributed by atoms with E-state index in [-0.39, 0.29) is 11.7 Å². The Hall–Kier alpha value is -2.57. The molecule has 28 heavy (non-hydrogen) atoms. The van der Waals surface area contributed by atoms with Gasteiger partial charge in [0.1, 0.15) is 5.82 Å². The molecule has 0 unspecified atom stereocenters. The third-order valence-corrected chi connectivity index (χ3v) is 6.10. The van der Waals surface area contributed by atoms with Crippen molar-refractivity contribution in [3.8, 4) is 0 Å². The minimum Gasteiger partial charge on any atom is -0.284 e. The lowest BCUT2D eigenvalue weighted by Gasteiger charge is -2.20. The van der Waals surface area contributed by atoms with E-state index in [0.717, 1.165) is 15.8 Å². The van der Waals surface area contributed by atoms with Crippen LogP contribution < -0.4 is 4.90 Å². The van der Waals surface area contributed by atoms with Gasteiger partial charge in [-0.1, -0.05) is 53.8 Å². The fraction of sp³-hybridized carbons (Fsp3) is 0.0909. The molecule has 140 valence electrons. The molecule has 1 amide bonds. The number of fused-ring (bicyclic) bond motifs is 1. The quantitative estimate of drug-likeness (QED) is 0.365. The van der Waals surface area contributed by atoms with Gasteiger partial charge < -0.3 is 0 Å². The van der Waals surface area contributed by atoms with Gasteiger partial charge in [0, 0.05) is 11.0 Å². The molecule has 3 aromatic carbocycles. The van der Waals surface area contributed by atoms with Crippen molar-refractivity contribution in [3.63, 3.8) is 0 Å². The number of anilines is 1. The maximum absolute atomic E-state index is 13.5. The Morgan fingerprint density at radius 3 is 2.54 bits per heavy atom. The van der Waals surface area contributed by atoms with Crippen LogP contribution in [-0.2, 0) is 6.42 Å². The third-order valence-electron chi connectivity index (χ3n) is 4.39. The zero-order valence-electron chi connectivity index (χ0n) is 14.8. The Morgan fingerprint density at radius 2 is 1.79 bits per heavy atom. The van der Waals surface area contributed by atoms with Crippen molar-refractivity contribution < 1.29 is 9.18 Å². The van der Waals surface area contributed by atoms with E-state index < -0.39 is 0 Å². The minimum absolute atomic E-state index is 0.207. The summed E-state index contributed by atoms with van der Waals surface area (Å²) in [5.74, 6) is -0.596. The molecule has 0 atom stereocenters. The first kappa shape index (κ1) is 18.8. The average molecular weight is 455 g/mol. The molecule has 1 heterocycles. The van der Waals surface area contributed by atoms with Crippen LogP contribution in [-0.4, -0.2) is 17.4 Å². The Bertz CT molecular complexity index is 1100. The van der Waals surface area contributed by atoms with Gasteiger partial charge in [0.15, 0.2) is 5.13 Å². The number of carbonyl (C=O) groups is 1. The molecule has 4 rings (SSSR count). The molecule has 0 fully saturated rings. The summed E-state index contributed by atoms with van der Waals surface area (Å²) < 4.78 is 14.9. The van der Waals surface area contributed by atoms with Gasteiger partial charge in [0.25, 0.3) is 5.91 Å². The number of hydrogen-bond donors (Lipinski definition) is 0. The van der Waals surface area contributed by atoms with Crippen molar-refractivity contribution in [1.29, 1.82) is 0 Å². The summed E-state index contributed by atoms with van der Waals surface area (Å²) in [6, 6.07) is 21.9. The predicted molar refractivity (Wildman–Crippen MR) is 116 cm³/mol. The van der Waals surface area contributed by atoms with Crippen LogP contribution in [0.25, 0.3) is 10.2 Å². The van der Waals surface area contributed by atoms with Crippen LogP contribution in [0, 0.1) is 5.82 Å². The number of benzene rings is 3. The standard InChI is InChI=1S/C22H16BrFN2OS/c23-18-14-16(24)10-11-17(18)21(27)26(13-12-15-6-2-1-3-7-15)22-25-19-8-4-5-9-20(19)28-22/h1-11,14H,12-13H2. The second kappa shape index (κ2) is 8.20. The number of para-hydroxylation sites is 1. The van der Waals surface area contributed by atoms with Crippen LogP contribution in [0.2, 0.25) is 0 Å². The average Bonchev–Trinajstić information content (AvgIpc) is 3.12. The van der Waals surface area contributed by atoms with Gasteiger partial charge in [0.05, 0.1) is 15.8 Å². The molecule has 0 spiro atoms. The molecule has 3 nitrogen and oxygen atoms in total. The molecule has 0 N–H and O–H groups in total. The summed E-state index contributed by atoms with van der Waals surface area (Å²) >= 11 is 4.79. The number of aromatic nitrogens is 1. The summed E-state index contributed by atoms with van der Waals surface area (Å²) in [6.45, 7) is 0.479. The monoisotopic (exact) mass is 454 g/mol. The van der Waals surface area contributed by atoms with Crippen LogP contribution in [0.5, 0.6) is 0 Å². The van der Waals surface area contributed by atoms with E-state index in [9.17, 15) is 9.18 Å². The summed E-state index contributed by atoms with van der Waals surface area (Å²) in [6.07, 6.45) is 0.696. The van der Waals surface area contributed by atoms with E-state index in [2.05, 4.69) is 20.9 Å². The van der Waals surface area contributed by atoms with E-state index in [0.29, 0.717) is 28.1 Å². The fourth-order valence-corrected chi connectivity index (χ4v) is 4.46. The van der Waals surface area contributed by atoms with E-state index >= 15 is 0 Å². The molecule has 0 aliphatic carbocycles. The van der Waals surface area contributed by atoms with Crippen LogP contribution in [0.15, 0.2) is 77.3 Å². The summed E-state index contributed by atoms with van der Waals surface area (Å²) in [5.41, 5.74) is 2.41. The van der Waals surface area contributed by atoms with Gasteiger partial charge in [-0.2, -0.15) is 0 Å². The number of rotatable bonds is 5. The Morgan fingerprint density at radius 1 is 1.04 bits per heavy atom. The predicted octanol–water partition coefficient (Wildman–Crippen LogP) is 6.09. The number of nitrogens with zero attached hydrogens (tertiary/aromatic N) is 2. The van der Waals surface area contributed by atoms with E-state index in [1.54, 1.807) is 4.90 Å². The van der Waals surface area contributed by atoms with E-state index in [1.807, 2.05) is 54.6 Å². The van der Waals surface area contributed by atoms with E-state index in [4.69, 9.17) is 0 Å². The zero-order valence-corrected chi connectivity index (χ0v) is 17.2. The summed E-state index contributed by atoms with van der Waals surface area (Å²) in [5, 5.41) is 0.637. The zero-order chi connectivity index (χ0) is 19.5. The highest BCUT2D eigenvalue weighted by molar-refractivity contribution is 9.10. The number of halogens is 2. The molecule has 0 saturated heterocycles. The first-order chi connectivity index (χ1) is 13.6.